The lowest BCUT2D eigenvalue weighted by Gasteiger charge is -2.11. The summed E-state index contributed by atoms with van der Waals surface area (Å²) in [5.41, 5.74) is -0.294. The Balaban J connectivity index is 1.40. The maximum atomic E-state index is 13.0. The Morgan fingerprint density at radius 1 is 1.00 bits per heavy atom. The van der Waals surface area contributed by atoms with Crippen molar-refractivity contribution in [1.29, 1.82) is 0 Å². The number of rotatable bonds is 7. The zero-order valence-corrected chi connectivity index (χ0v) is 20.3. The van der Waals surface area contributed by atoms with Gasteiger partial charge >= 0.3 is 6.18 Å². The van der Waals surface area contributed by atoms with E-state index in [1.165, 1.54) is 18.6 Å². The molecule has 4 aromatic rings. The lowest BCUT2D eigenvalue weighted by atomic mass is 10.2. The van der Waals surface area contributed by atoms with Gasteiger partial charge in [-0.25, -0.2) is 19.9 Å². The molecule has 37 heavy (non-hydrogen) atoms. The van der Waals surface area contributed by atoms with Gasteiger partial charge in [-0.3, -0.25) is 14.6 Å². The molecular formula is C22H16ClF3N8O2S. The summed E-state index contributed by atoms with van der Waals surface area (Å²) >= 11 is 6.51. The van der Waals surface area contributed by atoms with E-state index in [0.29, 0.717) is 16.9 Å². The van der Waals surface area contributed by atoms with Crippen LogP contribution in [0.2, 0.25) is 5.02 Å². The zero-order valence-electron chi connectivity index (χ0n) is 18.7. The van der Waals surface area contributed by atoms with Crippen LogP contribution in [0.1, 0.15) is 43.7 Å². The quantitative estimate of drug-likeness (QED) is 0.297. The third kappa shape index (κ3) is 6.54. The predicted molar refractivity (Wildman–Crippen MR) is 130 cm³/mol. The summed E-state index contributed by atoms with van der Waals surface area (Å²) in [5.74, 6) is -1.14. The van der Waals surface area contributed by atoms with E-state index in [0.717, 1.165) is 23.2 Å². The highest BCUT2D eigenvalue weighted by atomic mass is 35.5. The molecule has 0 spiro atoms. The number of amides is 2. The van der Waals surface area contributed by atoms with Crippen LogP contribution in [0.25, 0.3) is 0 Å². The molecule has 4 aromatic heterocycles. The van der Waals surface area contributed by atoms with Gasteiger partial charge in [-0.1, -0.05) is 11.6 Å². The van der Waals surface area contributed by atoms with Gasteiger partial charge in [-0.15, -0.1) is 11.3 Å². The first-order valence-corrected chi connectivity index (χ1v) is 11.6. The SMILES string of the molecule is CC(NC(=O)c1cc(Nc2ccncc2)ncn1)c1ncc(C(=O)Nc2cc(C(F)(F)F)c(Cl)cn2)s1. The molecule has 0 saturated carbocycles. The summed E-state index contributed by atoms with van der Waals surface area (Å²) in [4.78, 5) is 45.2. The van der Waals surface area contributed by atoms with Crippen molar-refractivity contribution in [2.45, 2.75) is 19.1 Å². The van der Waals surface area contributed by atoms with Crippen LogP contribution in [-0.4, -0.2) is 36.7 Å². The van der Waals surface area contributed by atoms with Crippen LogP contribution in [0.5, 0.6) is 0 Å². The van der Waals surface area contributed by atoms with Gasteiger partial charge in [0.05, 0.1) is 22.8 Å². The molecule has 0 aromatic carbocycles. The Bertz CT molecular complexity index is 1430. The molecule has 4 rings (SSSR count). The van der Waals surface area contributed by atoms with Gasteiger partial charge in [-0.05, 0) is 25.1 Å². The summed E-state index contributed by atoms with van der Waals surface area (Å²) in [6.07, 6.45) is 1.80. The number of hydrogen-bond acceptors (Lipinski definition) is 9. The van der Waals surface area contributed by atoms with Crippen molar-refractivity contribution in [2.24, 2.45) is 0 Å². The lowest BCUT2D eigenvalue weighted by molar-refractivity contribution is -0.137. The van der Waals surface area contributed by atoms with Crippen LogP contribution >= 0.6 is 22.9 Å². The summed E-state index contributed by atoms with van der Waals surface area (Å²) in [5, 5.41) is 7.86. The largest absolute Gasteiger partial charge is 0.418 e. The van der Waals surface area contributed by atoms with Gasteiger partial charge in [0.25, 0.3) is 11.8 Å². The smallest absolute Gasteiger partial charge is 0.342 e. The number of nitrogens with zero attached hydrogens (tertiary/aromatic N) is 5. The van der Waals surface area contributed by atoms with Crippen molar-refractivity contribution < 1.29 is 22.8 Å². The van der Waals surface area contributed by atoms with Gasteiger partial charge in [-0.2, -0.15) is 13.2 Å². The number of carbonyl (C=O) groups excluding carboxylic acids is 2. The van der Waals surface area contributed by atoms with Crippen LogP contribution in [-0.2, 0) is 6.18 Å². The van der Waals surface area contributed by atoms with Crippen LogP contribution in [0, 0.1) is 0 Å². The topological polar surface area (TPSA) is 135 Å². The first kappa shape index (κ1) is 25.9. The van der Waals surface area contributed by atoms with E-state index < -0.39 is 34.6 Å². The molecule has 0 fully saturated rings. The number of halogens is 4. The van der Waals surface area contributed by atoms with Gasteiger partial charge in [0.2, 0.25) is 0 Å². The predicted octanol–water partition coefficient (Wildman–Crippen LogP) is 4.88. The van der Waals surface area contributed by atoms with Crippen molar-refractivity contribution in [1.82, 2.24) is 30.2 Å². The maximum absolute atomic E-state index is 13.0. The molecule has 1 unspecified atom stereocenters. The number of anilines is 3. The Morgan fingerprint density at radius 2 is 1.76 bits per heavy atom. The molecule has 15 heteroatoms. The summed E-state index contributed by atoms with van der Waals surface area (Å²) in [7, 11) is 0. The standard InChI is InChI=1S/C22H16ClF3N8O2S/c1-11(32-19(35)15-7-18(31-10-30-15)33-12-2-4-27-5-3-12)21-29-9-16(37-21)20(36)34-17-6-13(22(24,25)26)14(23)8-28-17/h2-11H,1H3,(H,32,35)(H,28,34,36)(H,27,30,31,33). The summed E-state index contributed by atoms with van der Waals surface area (Å²) < 4.78 is 39.1. The molecule has 0 bridgehead atoms. The van der Waals surface area contributed by atoms with E-state index in [4.69, 9.17) is 11.6 Å². The summed E-state index contributed by atoms with van der Waals surface area (Å²) in [6.45, 7) is 1.66. The second kappa shape index (κ2) is 10.8. The first-order chi connectivity index (χ1) is 17.6. The average molecular weight is 549 g/mol. The molecule has 1 atom stereocenters. The monoisotopic (exact) mass is 548 g/mol. The highest BCUT2D eigenvalue weighted by molar-refractivity contribution is 7.13. The molecule has 190 valence electrons. The Labute approximate surface area is 216 Å². The second-order valence-electron chi connectivity index (χ2n) is 7.41. The Morgan fingerprint density at radius 3 is 2.49 bits per heavy atom. The Kier molecular flexibility index (Phi) is 7.59. The molecule has 3 N–H and O–H groups in total. The third-order valence-corrected chi connectivity index (χ3v) is 6.20. The number of pyridine rings is 2. The van der Waals surface area contributed by atoms with E-state index in [1.807, 2.05) is 0 Å². The fourth-order valence-electron chi connectivity index (χ4n) is 2.96. The molecule has 0 radical (unpaired) electrons. The molecule has 4 heterocycles. The molecular weight excluding hydrogens is 533 g/mol. The third-order valence-electron chi connectivity index (χ3n) is 4.72. The fourth-order valence-corrected chi connectivity index (χ4v) is 3.99. The van der Waals surface area contributed by atoms with Crippen LogP contribution in [0.4, 0.5) is 30.5 Å². The normalized spacial score (nSPS) is 12.0. The number of thiazole rings is 1. The maximum Gasteiger partial charge on any atom is 0.418 e. The first-order valence-electron chi connectivity index (χ1n) is 10.4. The molecule has 2 amide bonds. The molecule has 0 aliphatic carbocycles. The summed E-state index contributed by atoms with van der Waals surface area (Å²) in [6, 6.07) is 4.98. The lowest BCUT2D eigenvalue weighted by Crippen LogP contribution is -2.27. The highest BCUT2D eigenvalue weighted by Crippen LogP contribution is 2.35. The number of nitrogens with one attached hydrogen (secondary N) is 3. The molecule has 0 aliphatic rings. The average Bonchev–Trinajstić information content (AvgIpc) is 3.36. The number of alkyl halides is 3. The van der Waals surface area contributed by atoms with Gasteiger partial charge in [0, 0.05) is 30.3 Å². The molecule has 0 saturated heterocycles. The van der Waals surface area contributed by atoms with Gasteiger partial charge in [0.15, 0.2) is 0 Å². The minimum Gasteiger partial charge on any atom is -0.342 e. The Hall–Kier alpha value is -4.17. The van der Waals surface area contributed by atoms with E-state index in [1.54, 1.807) is 31.5 Å². The van der Waals surface area contributed by atoms with Crippen molar-refractivity contribution in [2.75, 3.05) is 10.6 Å². The van der Waals surface area contributed by atoms with Crippen LogP contribution in [0.15, 0.2) is 55.4 Å². The zero-order chi connectivity index (χ0) is 26.6. The van der Waals surface area contributed by atoms with Crippen molar-refractivity contribution in [3.63, 3.8) is 0 Å². The van der Waals surface area contributed by atoms with Gasteiger partial charge in [0.1, 0.15) is 33.5 Å². The number of aromatic nitrogens is 5. The van der Waals surface area contributed by atoms with Crippen LogP contribution < -0.4 is 16.0 Å². The minimum atomic E-state index is -4.70. The minimum absolute atomic E-state index is 0.0993. The molecule has 10 nitrogen and oxygen atoms in total. The molecule has 0 aliphatic heterocycles. The van der Waals surface area contributed by atoms with Crippen LogP contribution in [0.3, 0.4) is 0 Å². The second-order valence-corrected chi connectivity index (χ2v) is 8.88. The fraction of sp³-hybridized carbons (Fsp3) is 0.136. The van der Waals surface area contributed by atoms with E-state index >= 15 is 0 Å². The van der Waals surface area contributed by atoms with Crippen molar-refractivity contribution >= 4 is 52.1 Å². The number of carbonyl (C=O) groups is 2. The van der Waals surface area contributed by atoms with Crippen molar-refractivity contribution in [3.05, 3.63) is 81.5 Å². The van der Waals surface area contributed by atoms with E-state index in [-0.39, 0.29) is 16.4 Å². The van der Waals surface area contributed by atoms with E-state index in [2.05, 4.69) is 40.9 Å². The van der Waals surface area contributed by atoms with Gasteiger partial charge < -0.3 is 16.0 Å². The highest BCUT2D eigenvalue weighted by Gasteiger charge is 2.34. The number of hydrogen-bond donors (Lipinski definition) is 3. The van der Waals surface area contributed by atoms with E-state index in [9.17, 15) is 22.8 Å². The van der Waals surface area contributed by atoms with Crippen molar-refractivity contribution in [3.8, 4) is 0 Å².